The van der Waals surface area contributed by atoms with E-state index in [0.717, 1.165) is 5.57 Å². The molecule has 0 rings (SSSR count). The highest BCUT2D eigenvalue weighted by Crippen LogP contribution is 1.92. The second-order valence-electron chi connectivity index (χ2n) is 1.75. The van der Waals surface area contributed by atoms with E-state index in [0.29, 0.717) is 0 Å². The van der Waals surface area contributed by atoms with Gasteiger partial charge in [0.25, 0.3) is 0 Å². The third-order valence-corrected chi connectivity index (χ3v) is 0.939. The Morgan fingerprint density at radius 2 is 2.30 bits per heavy atom. The molecule has 0 aliphatic heterocycles. The first-order chi connectivity index (χ1) is 4.81. The summed E-state index contributed by atoms with van der Waals surface area (Å²) in [4.78, 5) is 3.67. The third-order valence-electron chi connectivity index (χ3n) is 0.939. The van der Waals surface area contributed by atoms with Gasteiger partial charge in [-0.15, -0.1) is 0 Å². The molecule has 0 radical (unpaired) electrons. The molecule has 0 aromatic heterocycles. The molecule has 0 saturated carbocycles. The van der Waals surface area contributed by atoms with Crippen molar-refractivity contribution in [2.75, 3.05) is 0 Å². The van der Waals surface area contributed by atoms with Crippen molar-refractivity contribution in [1.29, 1.82) is 0 Å². The quantitative estimate of drug-likeness (QED) is 0.357. The first-order valence-electron chi connectivity index (χ1n) is 3.00. The molecular formula is C8H12N2. The van der Waals surface area contributed by atoms with Crippen LogP contribution >= 0.6 is 0 Å². The van der Waals surface area contributed by atoms with Crippen LogP contribution in [-0.2, 0) is 0 Å². The summed E-state index contributed by atoms with van der Waals surface area (Å²) in [6.45, 7) is 5.56. The highest BCUT2D eigenvalue weighted by Gasteiger charge is 1.71. The van der Waals surface area contributed by atoms with Gasteiger partial charge in [-0.1, -0.05) is 24.3 Å². The second-order valence-corrected chi connectivity index (χ2v) is 1.75. The van der Waals surface area contributed by atoms with Gasteiger partial charge in [0.1, 0.15) is 0 Å². The van der Waals surface area contributed by atoms with E-state index >= 15 is 0 Å². The fraction of sp³-hybridized carbons (Fsp3) is 0.125. The maximum atomic E-state index is 4.99. The Morgan fingerprint density at radius 1 is 1.60 bits per heavy atom. The normalized spacial score (nSPS) is 13.1. The average molecular weight is 136 g/mol. The lowest BCUT2D eigenvalue weighted by atomic mass is 10.3. The van der Waals surface area contributed by atoms with Crippen molar-refractivity contribution in [2.45, 2.75) is 6.92 Å². The summed E-state index contributed by atoms with van der Waals surface area (Å²) in [5.74, 6) is 0. The third kappa shape index (κ3) is 4.84. The Balaban J connectivity index is 3.81. The molecule has 0 amide bonds. The molecule has 0 aromatic carbocycles. The number of hydrogen-bond acceptors (Lipinski definition) is 1. The molecule has 0 aliphatic carbocycles. The molecule has 2 heteroatoms. The van der Waals surface area contributed by atoms with Crippen LogP contribution < -0.4 is 5.73 Å². The Hall–Kier alpha value is -1.31. The Kier molecular flexibility index (Phi) is 5.06. The van der Waals surface area contributed by atoms with Gasteiger partial charge in [-0.25, -0.2) is 4.99 Å². The fourth-order valence-corrected chi connectivity index (χ4v) is 0.362. The maximum Gasteiger partial charge on any atom is 0.0852 e. The van der Waals surface area contributed by atoms with Crippen molar-refractivity contribution in [3.8, 4) is 0 Å². The first kappa shape index (κ1) is 8.69. The first-order valence-corrected chi connectivity index (χ1v) is 3.00. The minimum Gasteiger partial charge on any atom is -0.390 e. The number of hydrogen-bond donors (Lipinski definition) is 1. The summed E-state index contributed by atoms with van der Waals surface area (Å²) < 4.78 is 0. The van der Waals surface area contributed by atoms with Gasteiger partial charge in [-0.3, -0.25) is 0 Å². The van der Waals surface area contributed by atoms with Crippen LogP contribution in [0, 0.1) is 0 Å². The van der Waals surface area contributed by atoms with Crippen LogP contribution in [0.15, 0.2) is 41.6 Å². The number of nitrogens with zero attached hydrogens (tertiary/aromatic N) is 1. The highest BCUT2D eigenvalue weighted by atomic mass is 14.8. The molecule has 54 valence electrons. The fourth-order valence-electron chi connectivity index (χ4n) is 0.362. The molecule has 0 aliphatic rings. The molecule has 0 heterocycles. The molecule has 0 atom stereocenters. The molecule has 2 nitrogen and oxygen atoms in total. The standard InChI is InChI=1S/C8H12N2/c1-3-8(2)5-4-6-10-7-9/h3-7H,1H2,2H3,(H2,9,10)/b6-4+,8-5-. The van der Waals surface area contributed by atoms with Crippen molar-refractivity contribution < 1.29 is 0 Å². The van der Waals surface area contributed by atoms with Crippen molar-refractivity contribution in [3.63, 3.8) is 0 Å². The number of nitrogens with two attached hydrogens (primary N) is 1. The van der Waals surface area contributed by atoms with Gasteiger partial charge in [0, 0.05) is 6.20 Å². The highest BCUT2D eigenvalue weighted by molar-refractivity contribution is 5.52. The van der Waals surface area contributed by atoms with Crippen LogP contribution in [0.2, 0.25) is 0 Å². The average Bonchev–Trinajstić information content (AvgIpc) is 1.98. The largest absolute Gasteiger partial charge is 0.390 e. The lowest BCUT2D eigenvalue weighted by molar-refractivity contribution is 1.50. The summed E-state index contributed by atoms with van der Waals surface area (Å²) in [6.07, 6.45) is 8.34. The zero-order valence-corrected chi connectivity index (χ0v) is 6.12. The van der Waals surface area contributed by atoms with E-state index in [1.807, 2.05) is 13.0 Å². The van der Waals surface area contributed by atoms with E-state index in [4.69, 9.17) is 5.73 Å². The summed E-state index contributed by atoms with van der Waals surface area (Å²) in [5.41, 5.74) is 6.09. The summed E-state index contributed by atoms with van der Waals surface area (Å²) in [7, 11) is 0. The minimum absolute atomic E-state index is 1.10. The van der Waals surface area contributed by atoms with Crippen LogP contribution in [0.3, 0.4) is 0 Å². The van der Waals surface area contributed by atoms with E-state index in [9.17, 15) is 0 Å². The SMILES string of the molecule is C=C/C(C)=C\C=C\N=CN. The number of rotatable bonds is 3. The lowest BCUT2D eigenvalue weighted by Crippen LogP contribution is -1.84. The van der Waals surface area contributed by atoms with E-state index < -0.39 is 0 Å². The van der Waals surface area contributed by atoms with Gasteiger partial charge in [-0.2, -0.15) is 0 Å². The number of aliphatic imine (C=N–C) groups is 1. The van der Waals surface area contributed by atoms with Crippen molar-refractivity contribution in [3.05, 3.63) is 36.6 Å². The van der Waals surface area contributed by atoms with E-state index in [1.54, 1.807) is 18.4 Å². The Bertz CT molecular complexity index is 176. The Labute approximate surface area is 61.5 Å². The lowest BCUT2D eigenvalue weighted by Gasteiger charge is -1.82. The van der Waals surface area contributed by atoms with E-state index in [2.05, 4.69) is 11.6 Å². The van der Waals surface area contributed by atoms with Gasteiger partial charge < -0.3 is 5.73 Å². The molecule has 2 N–H and O–H groups in total. The van der Waals surface area contributed by atoms with E-state index in [-0.39, 0.29) is 0 Å². The van der Waals surface area contributed by atoms with Gasteiger partial charge >= 0.3 is 0 Å². The molecule has 0 fully saturated rings. The van der Waals surface area contributed by atoms with Gasteiger partial charge in [0.2, 0.25) is 0 Å². The Morgan fingerprint density at radius 3 is 2.80 bits per heavy atom. The van der Waals surface area contributed by atoms with Crippen LogP contribution in [-0.4, -0.2) is 6.34 Å². The van der Waals surface area contributed by atoms with Crippen LogP contribution in [0.25, 0.3) is 0 Å². The van der Waals surface area contributed by atoms with Crippen LogP contribution in [0.1, 0.15) is 6.92 Å². The molecule has 0 unspecified atom stereocenters. The molecular weight excluding hydrogens is 124 g/mol. The van der Waals surface area contributed by atoms with E-state index in [1.165, 1.54) is 6.34 Å². The summed E-state index contributed by atoms with van der Waals surface area (Å²) >= 11 is 0. The van der Waals surface area contributed by atoms with Gasteiger partial charge in [0.15, 0.2) is 0 Å². The monoisotopic (exact) mass is 136 g/mol. The van der Waals surface area contributed by atoms with Crippen LogP contribution in [0.5, 0.6) is 0 Å². The maximum absolute atomic E-state index is 4.99. The summed E-state index contributed by atoms with van der Waals surface area (Å²) in [5, 5.41) is 0. The van der Waals surface area contributed by atoms with Crippen LogP contribution in [0.4, 0.5) is 0 Å². The van der Waals surface area contributed by atoms with Crippen molar-refractivity contribution in [1.82, 2.24) is 0 Å². The molecule has 0 aromatic rings. The van der Waals surface area contributed by atoms with Crippen molar-refractivity contribution in [2.24, 2.45) is 10.7 Å². The minimum atomic E-state index is 1.10. The second kappa shape index (κ2) is 5.82. The zero-order chi connectivity index (χ0) is 7.82. The smallest absolute Gasteiger partial charge is 0.0852 e. The van der Waals surface area contributed by atoms with Crippen molar-refractivity contribution >= 4 is 6.34 Å². The topological polar surface area (TPSA) is 38.4 Å². The zero-order valence-electron chi connectivity index (χ0n) is 6.12. The van der Waals surface area contributed by atoms with Gasteiger partial charge in [0.05, 0.1) is 6.34 Å². The molecule has 0 bridgehead atoms. The molecule has 10 heavy (non-hydrogen) atoms. The number of allylic oxidation sites excluding steroid dienone is 4. The molecule has 0 spiro atoms. The predicted octanol–water partition coefficient (Wildman–Crippen LogP) is 1.62. The van der Waals surface area contributed by atoms with Gasteiger partial charge in [-0.05, 0) is 13.0 Å². The predicted molar refractivity (Wildman–Crippen MR) is 45.8 cm³/mol. The molecule has 0 saturated heterocycles. The summed E-state index contributed by atoms with van der Waals surface area (Å²) in [6, 6.07) is 0.